The first-order valence-electron chi connectivity index (χ1n) is 16.4. The summed E-state index contributed by atoms with van der Waals surface area (Å²) < 4.78 is 35.5. The van der Waals surface area contributed by atoms with Crippen molar-refractivity contribution in [3.63, 3.8) is 0 Å². The number of ether oxygens (including phenoxy) is 1. The molecule has 0 fully saturated rings. The molecule has 258 valence electrons. The second-order valence-electron chi connectivity index (χ2n) is 12.2. The van der Waals surface area contributed by atoms with Gasteiger partial charge in [-0.25, -0.2) is 8.42 Å². The first-order valence-corrected chi connectivity index (χ1v) is 18.2. The second-order valence-corrected chi connectivity index (χ2v) is 14.5. The average molecular weight is 710 g/mol. The summed E-state index contributed by atoms with van der Waals surface area (Å²) in [6.45, 7) is 3.88. The summed E-state index contributed by atoms with van der Waals surface area (Å²) in [5, 5.41) is 3.53. The normalized spacial score (nSPS) is 11.8. The van der Waals surface area contributed by atoms with Gasteiger partial charge in [0.1, 0.15) is 24.1 Å². The number of nitrogens with one attached hydrogen (secondary N) is 1. The van der Waals surface area contributed by atoms with E-state index in [0.29, 0.717) is 23.1 Å². The van der Waals surface area contributed by atoms with E-state index in [1.807, 2.05) is 74.5 Å². The Hall–Kier alpha value is -5.12. The van der Waals surface area contributed by atoms with Crippen molar-refractivity contribution in [3.05, 3.63) is 156 Å². The van der Waals surface area contributed by atoms with Gasteiger partial charge in [0.25, 0.3) is 10.0 Å². The molecule has 0 saturated heterocycles. The van der Waals surface area contributed by atoms with Gasteiger partial charge in [-0.3, -0.25) is 13.9 Å². The minimum absolute atomic E-state index is 0.0252. The van der Waals surface area contributed by atoms with Crippen LogP contribution in [0.5, 0.6) is 11.5 Å². The average Bonchev–Trinajstić information content (AvgIpc) is 3.13. The first kappa shape index (κ1) is 36.2. The summed E-state index contributed by atoms with van der Waals surface area (Å²) in [6.07, 6.45) is 0.223. The van der Waals surface area contributed by atoms with Gasteiger partial charge in [0.2, 0.25) is 11.8 Å². The Balaban J connectivity index is 1.54. The van der Waals surface area contributed by atoms with Crippen molar-refractivity contribution in [2.75, 3.05) is 17.4 Å². The Morgan fingerprint density at radius 2 is 1.28 bits per heavy atom. The van der Waals surface area contributed by atoms with Crippen LogP contribution in [-0.4, -0.2) is 44.3 Å². The molecular formula is C40H40ClN3O5S. The van der Waals surface area contributed by atoms with Gasteiger partial charge in [0.05, 0.1) is 10.6 Å². The van der Waals surface area contributed by atoms with Gasteiger partial charge in [-0.05, 0) is 77.7 Å². The number of anilines is 1. The summed E-state index contributed by atoms with van der Waals surface area (Å²) in [5.74, 6) is 0.422. The van der Waals surface area contributed by atoms with Crippen LogP contribution in [0.25, 0.3) is 0 Å². The standard InChI is InChI=1S/C40H40ClN3O5S/c1-30(2)27-42-40(46)38(26-31-12-6-3-7-13-31)43(28-32-18-20-33(41)21-19-32)39(45)29-44(50(47,48)37-16-10-5-11-17-37)34-22-24-36(25-23-34)49-35-14-8-4-9-15-35/h3-25,30,38H,26-29H2,1-2H3,(H,42,46). The molecule has 5 aromatic rings. The predicted octanol–water partition coefficient (Wildman–Crippen LogP) is 7.74. The highest BCUT2D eigenvalue weighted by molar-refractivity contribution is 7.92. The molecule has 0 aromatic heterocycles. The summed E-state index contributed by atoms with van der Waals surface area (Å²) in [4.78, 5) is 30.1. The van der Waals surface area contributed by atoms with Gasteiger partial charge >= 0.3 is 0 Å². The molecule has 10 heteroatoms. The zero-order chi connectivity index (χ0) is 35.5. The summed E-state index contributed by atoms with van der Waals surface area (Å²) in [5.41, 5.74) is 1.85. The Labute approximate surface area is 299 Å². The number of carbonyl (C=O) groups is 2. The lowest BCUT2D eigenvalue weighted by Gasteiger charge is -2.34. The number of hydrogen-bond acceptors (Lipinski definition) is 5. The van der Waals surface area contributed by atoms with Gasteiger partial charge in [-0.15, -0.1) is 0 Å². The fourth-order valence-corrected chi connectivity index (χ4v) is 6.88. The van der Waals surface area contributed by atoms with E-state index in [2.05, 4.69) is 5.32 Å². The maximum atomic E-state index is 14.6. The van der Waals surface area contributed by atoms with Gasteiger partial charge < -0.3 is 15.0 Å². The third kappa shape index (κ3) is 9.74. The van der Waals surface area contributed by atoms with Gasteiger partial charge in [-0.1, -0.05) is 104 Å². The molecular weight excluding hydrogens is 670 g/mol. The number of para-hydroxylation sites is 1. The van der Waals surface area contributed by atoms with Crippen LogP contribution in [0, 0.1) is 5.92 Å². The van der Waals surface area contributed by atoms with Crippen LogP contribution >= 0.6 is 11.6 Å². The molecule has 0 bridgehead atoms. The Morgan fingerprint density at radius 1 is 0.720 bits per heavy atom. The molecule has 5 aromatic carbocycles. The zero-order valence-corrected chi connectivity index (χ0v) is 29.6. The predicted molar refractivity (Wildman–Crippen MR) is 198 cm³/mol. The number of nitrogens with zero attached hydrogens (tertiary/aromatic N) is 2. The van der Waals surface area contributed by atoms with E-state index in [1.165, 1.54) is 17.0 Å². The monoisotopic (exact) mass is 709 g/mol. The molecule has 0 saturated carbocycles. The fraction of sp³-hybridized carbons (Fsp3) is 0.200. The molecule has 0 aliphatic carbocycles. The van der Waals surface area contributed by atoms with Crippen LogP contribution in [0.3, 0.4) is 0 Å². The second kappa shape index (κ2) is 17.0. The lowest BCUT2D eigenvalue weighted by atomic mass is 10.0. The molecule has 5 rings (SSSR count). The van der Waals surface area contributed by atoms with Crippen molar-refractivity contribution in [2.24, 2.45) is 5.92 Å². The van der Waals surface area contributed by atoms with Crippen LogP contribution in [0.4, 0.5) is 5.69 Å². The molecule has 50 heavy (non-hydrogen) atoms. The molecule has 8 nitrogen and oxygen atoms in total. The van der Waals surface area contributed by atoms with Gasteiger partial charge in [-0.2, -0.15) is 0 Å². The maximum Gasteiger partial charge on any atom is 0.264 e. The molecule has 1 N–H and O–H groups in total. The van der Waals surface area contributed by atoms with Crippen molar-refractivity contribution in [2.45, 2.75) is 37.8 Å². The van der Waals surface area contributed by atoms with Crippen molar-refractivity contribution < 1.29 is 22.7 Å². The van der Waals surface area contributed by atoms with E-state index in [-0.39, 0.29) is 35.4 Å². The summed E-state index contributed by atoms with van der Waals surface area (Å²) in [6, 6.07) is 39.2. The van der Waals surface area contributed by atoms with Crippen LogP contribution in [-0.2, 0) is 32.6 Å². The minimum atomic E-state index is -4.23. The van der Waals surface area contributed by atoms with E-state index in [0.717, 1.165) is 15.4 Å². The Morgan fingerprint density at radius 3 is 1.88 bits per heavy atom. The molecule has 0 heterocycles. The van der Waals surface area contributed by atoms with Crippen molar-refractivity contribution in [1.29, 1.82) is 0 Å². The third-order valence-corrected chi connectivity index (χ3v) is 9.98. The summed E-state index contributed by atoms with van der Waals surface area (Å²) in [7, 11) is -4.23. The minimum Gasteiger partial charge on any atom is -0.457 e. The maximum absolute atomic E-state index is 14.6. The molecule has 0 spiro atoms. The number of hydrogen-bond donors (Lipinski definition) is 1. The van der Waals surface area contributed by atoms with E-state index >= 15 is 0 Å². The molecule has 0 aliphatic rings. The fourth-order valence-electron chi connectivity index (χ4n) is 5.32. The molecule has 1 atom stereocenters. The van der Waals surface area contributed by atoms with Crippen LogP contribution in [0.1, 0.15) is 25.0 Å². The van der Waals surface area contributed by atoms with Crippen molar-refractivity contribution in [3.8, 4) is 11.5 Å². The van der Waals surface area contributed by atoms with Crippen molar-refractivity contribution >= 4 is 39.1 Å². The van der Waals surface area contributed by atoms with E-state index in [1.54, 1.807) is 66.7 Å². The van der Waals surface area contributed by atoms with Gasteiger partial charge in [0.15, 0.2) is 0 Å². The quantitative estimate of drug-likeness (QED) is 0.120. The van der Waals surface area contributed by atoms with Crippen molar-refractivity contribution in [1.82, 2.24) is 10.2 Å². The number of sulfonamides is 1. The van der Waals surface area contributed by atoms with E-state index in [4.69, 9.17) is 16.3 Å². The number of halogens is 1. The SMILES string of the molecule is CC(C)CNC(=O)C(Cc1ccccc1)N(Cc1ccc(Cl)cc1)C(=O)CN(c1ccc(Oc2ccccc2)cc1)S(=O)(=O)c1ccccc1. The Kier molecular flexibility index (Phi) is 12.3. The third-order valence-electron chi connectivity index (χ3n) is 7.94. The highest BCUT2D eigenvalue weighted by atomic mass is 35.5. The molecule has 0 aliphatic heterocycles. The zero-order valence-electron chi connectivity index (χ0n) is 28.0. The molecule has 0 radical (unpaired) electrons. The summed E-state index contributed by atoms with van der Waals surface area (Å²) >= 11 is 6.18. The number of benzene rings is 5. The molecule has 2 amide bonds. The highest BCUT2D eigenvalue weighted by Gasteiger charge is 2.34. The first-order chi connectivity index (χ1) is 24.1. The van der Waals surface area contributed by atoms with Gasteiger partial charge in [0, 0.05) is 24.5 Å². The molecule has 1 unspecified atom stereocenters. The number of carbonyl (C=O) groups excluding carboxylic acids is 2. The number of amides is 2. The smallest absolute Gasteiger partial charge is 0.264 e. The lowest BCUT2D eigenvalue weighted by molar-refractivity contribution is -0.140. The van der Waals surface area contributed by atoms with Crippen LogP contribution < -0.4 is 14.4 Å². The van der Waals surface area contributed by atoms with Crippen LogP contribution in [0.2, 0.25) is 5.02 Å². The van der Waals surface area contributed by atoms with E-state index in [9.17, 15) is 18.0 Å². The van der Waals surface area contributed by atoms with Crippen LogP contribution in [0.15, 0.2) is 144 Å². The van der Waals surface area contributed by atoms with E-state index < -0.39 is 28.5 Å². The largest absolute Gasteiger partial charge is 0.457 e. The highest BCUT2D eigenvalue weighted by Crippen LogP contribution is 2.29. The number of rotatable bonds is 15. The topological polar surface area (TPSA) is 96.0 Å². The lowest BCUT2D eigenvalue weighted by Crippen LogP contribution is -2.53. The Bertz CT molecular complexity index is 1940.